The van der Waals surface area contributed by atoms with E-state index in [-0.39, 0.29) is 0 Å². The van der Waals surface area contributed by atoms with E-state index >= 15 is 0 Å². The van der Waals surface area contributed by atoms with E-state index in [0.29, 0.717) is 6.04 Å². The van der Waals surface area contributed by atoms with Crippen LogP contribution < -0.4 is 5.32 Å². The van der Waals surface area contributed by atoms with Crippen LogP contribution in [0, 0.1) is 0 Å². The van der Waals surface area contributed by atoms with Crippen LogP contribution in [0.25, 0.3) is 0 Å². The van der Waals surface area contributed by atoms with Gasteiger partial charge in [-0.15, -0.1) is 0 Å². The summed E-state index contributed by atoms with van der Waals surface area (Å²) in [5, 5.41) is 3.70. The lowest BCUT2D eigenvalue weighted by atomic mass is 10.1. The van der Waals surface area contributed by atoms with Crippen molar-refractivity contribution in [2.24, 2.45) is 0 Å². The van der Waals surface area contributed by atoms with Crippen LogP contribution in [0.3, 0.4) is 0 Å². The number of hydrogen-bond acceptors (Lipinski definition) is 3. The van der Waals surface area contributed by atoms with E-state index in [1.165, 1.54) is 11.3 Å². The van der Waals surface area contributed by atoms with Gasteiger partial charge in [-0.3, -0.25) is 4.90 Å². The molecule has 1 fully saturated rings. The van der Waals surface area contributed by atoms with Gasteiger partial charge in [-0.25, -0.2) is 0 Å². The minimum atomic E-state index is 0.562. The molecule has 19 heavy (non-hydrogen) atoms. The van der Waals surface area contributed by atoms with E-state index in [1.54, 1.807) is 0 Å². The molecular weight excluding hydrogens is 236 g/mol. The molecule has 0 spiro atoms. The standard InChI is InChI=1S/C16H26N2O/c1-3-18(4-2)13-14-7-5-6-8-16(14)17-15-9-11-19-12-10-15/h5-8,15,17H,3-4,9-13H2,1-2H3. The molecule has 1 saturated heterocycles. The normalized spacial score (nSPS) is 16.8. The summed E-state index contributed by atoms with van der Waals surface area (Å²) in [6.45, 7) is 9.44. The fourth-order valence-corrected chi connectivity index (χ4v) is 2.55. The van der Waals surface area contributed by atoms with Crippen molar-refractivity contribution in [1.29, 1.82) is 0 Å². The molecule has 1 aliphatic rings. The predicted octanol–water partition coefficient (Wildman–Crippen LogP) is 3.12. The number of nitrogens with zero attached hydrogens (tertiary/aromatic N) is 1. The first-order chi connectivity index (χ1) is 9.33. The molecule has 1 aromatic rings. The average molecular weight is 262 g/mol. The lowest BCUT2D eigenvalue weighted by molar-refractivity contribution is 0.0904. The zero-order valence-electron chi connectivity index (χ0n) is 12.2. The van der Waals surface area contributed by atoms with Crippen LogP contribution in [0.4, 0.5) is 5.69 Å². The number of hydrogen-bond donors (Lipinski definition) is 1. The van der Waals surface area contributed by atoms with E-state index < -0.39 is 0 Å². The van der Waals surface area contributed by atoms with Gasteiger partial charge in [0.2, 0.25) is 0 Å². The summed E-state index contributed by atoms with van der Waals surface area (Å²) in [6.07, 6.45) is 2.22. The maximum Gasteiger partial charge on any atom is 0.0485 e. The Balaban J connectivity index is 2.02. The molecule has 0 radical (unpaired) electrons. The van der Waals surface area contributed by atoms with Crippen molar-refractivity contribution in [2.75, 3.05) is 31.6 Å². The molecule has 3 heteroatoms. The lowest BCUT2D eigenvalue weighted by Gasteiger charge is -2.26. The lowest BCUT2D eigenvalue weighted by Crippen LogP contribution is -2.29. The number of benzene rings is 1. The van der Waals surface area contributed by atoms with Crippen molar-refractivity contribution in [1.82, 2.24) is 4.90 Å². The highest BCUT2D eigenvalue weighted by Crippen LogP contribution is 2.21. The molecule has 0 aromatic heterocycles. The van der Waals surface area contributed by atoms with Gasteiger partial charge >= 0.3 is 0 Å². The van der Waals surface area contributed by atoms with Gasteiger partial charge in [-0.2, -0.15) is 0 Å². The maximum atomic E-state index is 5.42. The molecule has 2 rings (SSSR count). The average Bonchev–Trinajstić information content (AvgIpc) is 2.47. The molecule has 0 unspecified atom stereocenters. The first-order valence-corrected chi connectivity index (χ1v) is 7.48. The summed E-state index contributed by atoms with van der Waals surface area (Å²) in [7, 11) is 0. The van der Waals surface area contributed by atoms with Gasteiger partial charge in [0.05, 0.1) is 0 Å². The first kappa shape index (κ1) is 14.4. The van der Waals surface area contributed by atoms with Crippen molar-refractivity contribution in [3.8, 4) is 0 Å². The second-order valence-corrected chi connectivity index (χ2v) is 5.15. The van der Waals surface area contributed by atoms with E-state index in [4.69, 9.17) is 4.74 Å². The Labute approximate surface area is 116 Å². The van der Waals surface area contributed by atoms with Gasteiger partial charge < -0.3 is 10.1 Å². The Hall–Kier alpha value is -1.06. The number of rotatable bonds is 6. The molecule has 1 N–H and O–H groups in total. The Kier molecular flexibility index (Phi) is 5.67. The SMILES string of the molecule is CCN(CC)Cc1ccccc1NC1CCOCC1. The third-order valence-corrected chi connectivity index (χ3v) is 3.89. The summed E-state index contributed by atoms with van der Waals surface area (Å²) in [4.78, 5) is 2.45. The summed E-state index contributed by atoms with van der Waals surface area (Å²) in [5.41, 5.74) is 2.69. The summed E-state index contributed by atoms with van der Waals surface area (Å²) in [5.74, 6) is 0. The van der Waals surface area contributed by atoms with Crippen LogP contribution in [-0.2, 0) is 11.3 Å². The molecule has 0 saturated carbocycles. The molecule has 0 amide bonds. The summed E-state index contributed by atoms with van der Waals surface area (Å²) in [6, 6.07) is 9.25. The van der Waals surface area contributed by atoms with Crippen LogP contribution in [0.2, 0.25) is 0 Å². The molecule has 0 atom stereocenters. The van der Waals surface area contributed by atoms with E-state index in [9.17, 15) is 0 Å². The zero-order valence-corrected chi connectivity index (χ0v) is 12.2. The number of nitrogens with one attached hydrogen (secondary N) is 1. The van der Waals surface area contributed by atoms with Gasteiger partial charge in [0.1, 0.15) is 0 Å². The van der Waals surface area contributed by atoms with Crippen LogP contribution in [0.15, 0.2) is 24.3 Å². The maximum absolute atomic E-state index is 5.42. The first-order valence-electron chi connectivity index (χ1n) is 7.48. The van der Waals surface area contributed by atoms with Gasteiger partial charge in [-0.1, -0.05) is 32.0 Å². The second-order valence-electron chi connectivity index (χ2n) is 5.15. The quantitative estimate of drug-likeness (QED) is 0.852. The third kappa shape index (κ3) is 4.22. The van der Waals surface area contributed by atoms with Gasteiger partial charge in [0.15, 0.2) is 0 Å². The second kappa shape index (κ2) is 7.51. The minimum absolute atomic E-state index is 0.562. The Morgan fingerprint density at radius 2 is 1.84 bits per heavy atom. The summed E-state index contributed by atoms with van der Waals surface area (Å²) >= 11 is 0. The topological polar surface area (TPSA) is 24.5 Å². The Bertz CT molecular complexity index is 371. The smallest absolute Gasteiger partial charge is 0.0485 e. The molecular formula is C16H26N2O. The predicted molar refractivity (Wildman–Crippen MR) is 80.5 cm³/mol. The van der Waals surface area contributed by atoms with Crippen LogP contribution in [0.1, 0.15) is 32.3 Å². The monoisotopic (exact) mass is 262 g/mol. The van der Waals surface area contributed by atoms with E-state index in [0.717, 1.165) is 45.7 Å². The largest absolute Gasteiger partial charge is 0.382 e. The minimum Gasteiger partial charge on any atom is -0.382 e. The van der Waals surface area contributed by atoms with E-state index in [2.05, 4.69) is 48.3 Å². The van der Waals surface area contributed by atoms with Crippen LogP contribution in [0.5, 0.6) is 0 Å². The fraction of sp³-hybridized carbons (Fsp3) is 0.625. The van der Waals surface area contributed by atoms with Crippen molar-refractivity contribution in [3.05, 3.63) is 29.8 Å². The number of ether oxygens (including phenoxy) is 1. The molecule has 1 aromatic carbocycles. The Morgan fingerprint density at radius 1 is 1.16 bits per heavy atom. The Morgan fingerprint density at radius 3 is 2.53 bits per heavy atom. The highest BCUT2D eigenvalue weighted by molar-refractivity contribution is 5.51. The van der Waals surface area contributed by atoms with Crippen LogP contribution in [-0.4, -0.2) is 37.2 Å². The van der Waals surface area contributed by atoms with Crippen LogP contribution >= 0.6 is 0 Å². The van der Waals surface area contributed by atoms with Gasteiger partial charge in [-0.05, 0) is 37.6 Å². The molecule has 1 aliphatic heterocycles. The molecule has 0 aliphatic carbocycles. The van der Waals surface area contributed by atoms with Crippen molar-refractivity contribution in [2.45, 2.75) is 39.3 Å². The summed E-state index contributed by atoms with van der Waals surface area (Å²) < 4.78 is 5.42. The number of para-hydroxylation sites is 1. The zero-order chi connectivity index (χ0) is 13.5. The molecule has 0 bridgehead atoms. The van der Waals surface area contributed by atoms with E-state index in [1.807, 2.05) is 0 Å². The highest BCUT2D eigenvalue weighted by Gasteiger charge is 2.15. The third-order valence-electron chi connectivity index (χ3n) is 3.89. The van der Waals surface area contributed by atoms with Gasteiger partial charge in [0, 0.05) is 31.5 Å². The molecule has 1 heterocycles. The van der Waals surface area contributed by atoms with Crippen molar-refractivity contribution < 1.29 is 4.74 Å². The fourth-order valence-electron chi connectivity index (χ4n) is 2.55. The highest BCUT2D eigenvalue weighted by atomic mass is 16.5. The number of anilines is 1. The van der Waals surface area contributed by atoms with Gasteiger partial charge in [0.25, 0.3) is 0 Å². The van der Waals surface area contributed by atoms with Crippen molar-refractivity contribution >= 4 is 5.69 Å². The molecule has 106 valence electrons. The van der Waals surface area contributed by atoms with Crippen molar-refractivity contribution in [3.63, 3.8) is 0 Å². The molecule has 3 nitrogen and oxygen atoms in total.